The summed E-state index contributed by atoms with van der Waals surface area (Å²) in [7, 11) is -3.09. The van der Waals surface area contributed by atoms with E-state index in [9.17, 15) is 8.42 Å². The molecule has 0 aliphatic carbocycles. The zero-order valence-corrected chi connectivity index (χ0v) is 55.3. The minimum Gasteiger partial charge on any atom is -0.264 e. The summed E-state index contributed by atoms with van der Waals surface area (Å²) in [5.41, 5.74) is 13.0. The Balaban J connectivity index is 0.000000280. The van der Waals surface area contributed by atoms with Crippen LogP contribution in [0.2, 0.25) is 0 Å². The number of nitrogens with zero attached hydrogens (tertiary/aromatic N) is 4. The Morgan fingerprint density at radius 1 is 0.333 bits per heavy atom. The summed E-state index contributed by atoms with van der Waals surface area (Å²) in [6.07, 6.45) is 13.1. The van der Waals surface area contributed by atoms with Crippen LogP contribution in [0.1, 0.15) is 193 Å². The van der Waals surface area contributed by atoms with Crippen molar-refractivity contribution in [1.29, 1.82) is 0 Å². The minimum absolute atomic E-state index is 0. The van der Waals surface area contributed by atoms with Crippen molar-refractivity contribution in [3.05, 3.63) is 252 Å². The van der Waals surface area contributed by atoms with Crippen molar-refractivity contribution in [2.75, 3.05) is 5.75 Å². The van der Waals surface area contributed by atoms with Crippen LogP contribution in [0, 0.1) is 0 Å². The van der Waals surface area contributed by atoms with Gasteiger partial charge in [-0.15, -0.1) is 0 Å². The first kappa shape index (κ1) is 76.4. The predicted molar refractivity (Wildman–Crippen MR) is 398 cm³/mol. The van der Waals surface area contributed by atoms with Crippen LogP contribution in [0.5, 0.6) is 0 Å². The van der Waals surface area contributed by atoms with Gasteiger partial charge in [0.15, 0.2) is 9.84 Å². The van der Waals surface area contributed by atoms with Crippen LogP contribution in [0.25, 0.3) is 60.3 Å². The molecule has 12 rings (SSSR count). The molecule has 7 heteroatoms. The topological polar surface area (TPSA) is 85.7 Å². The molecule has 4 aromatic heterocycles. The molecule has 0 radical (unpaired) electrons. The van der Waals surface area contributed by atoms with Crippen molar-refractivity contribution < 1.29 is 8.42 Å². The van der Waals surface area contributed by atoms with E-state index < -0.39 is 9.84 Å². The molecule has 1 aliphatic heterocycles. The molecular formula is C83H108N4O2S. The van der Waals surface area contributed by atoms with Gasteiger partial charge in [-0.25, -0.2) is 8.42 Å². The zero-order chi connectivity index (χ0) is 62.9. The quantitative estimate of drug-likeness (QED) is 0.150. The summed E-state index contributed by atoms with van der Waals surface area (Å²) in [5.74, 6) is 0.120. The first-order chi connectivity index (χ1) is 40.2. The average Bonchev–Trinajstić information content (AvgIpc) is 1.09. The number of rotatable bonds is 0. The van der Waals surface area contributed by atoms with Crippen molar-refractivity contribution in [1.82, 2.24) is 19.9 Å². The predicted octanol–water partition coefficient (Wildman–Crippen LogP) is 23.6. The lowest BCUT2D eigenvalue weighted by Crippen LogP contribution is -2.14. The second-order valence-corrected chi connectivity index (χ2v) is 30.6. The first-order valence-corrected chi connectivity index (χ1v) is 31.8. The smallest absolute Gasteiger partial charge is 0.182 e. The number of hydrogen-bond donors (Lipinski definition) is 0. The summed E-state index contributed by atoms with van der Waals surface area (Å²) in [4.78, 5) is 17.8. The Morgan fingerprint density at radius 3 is 1.29 bits per heavy atom. The molecular weight excluding hydrogens is 1120 g/mol. The van der Waals surface area contributed by atoms with Crippen molar-refractivity contribution in [2.24, 2.45) is 0 Å². The fourth-order valence-corrected chi connectivity index (χ4v) is 11.1. The third-order valence-electron chi connectivity index (χ3n) is 15.3. The molecule has 0 saturated carbocycles. The maximum absolute atomic E-state index is 11.8. The van der Waals surface area contributed by atoms with Gasteiger partial charge in [-0.1, -0.05) is 288 Å². The van der Waals surface area contributed by atoms with Crippen molar-refractivity contribution in [3.63, 3.8) is 0 Å². The Morgan fingerprint density at radius 2 is 0.767 bits per heavy atom. The molecule has 0 N–H and O–H groups in total. The van der Waals surface area contributed by atoms with Gasteiger partial charge in [0.05, 0.1) is 27.2 Å². The van der Waals surface area contributed by atoms with Gasteiger partial charge in [-0.05, 0) is 142 Å². The summed E-state index contributed by atoms with van der Waals surface area (Å²) >= 11 is 0. The van der Waals surface area contributed by atoms with E-state index in [0.717, 1.165) is 27.7 Å². The Bertz CT molecular complexity index is 3860. The second-order valence-electron chi connectivity index (χ2n) is 28.6. The van der Waals surface area contributed by atoms with E-state index in [-0.39, 0.29) is 67.9 Å². The standard InChI is InChI=1S/C14H16.4C13H15N.C13H16O2S.4CH4/c1-14(2,3)13-9-8-11-6-4-5-7-12(11)10-13;2*1-13(2,3)11-7-6-10-5-4-8-14-12(10)9-11;1-13(2,3)12-6-4-5-10-7-8-14-9-11(10)12;1-13(2,3)11-8-10-6-4-5-7-12(10)14-9-11;1-13(2,3)11-6-7-12-10(9-11)5-4-8-16(12,14)15;;;;/h4-10H,1-3H3;4*4-9H,1-3H3;4-7,9H,8H2,1-3H3;4*1H4. The number of para-hydroxylation sites is 1. The fraction of sp³-hybridized carbons (Fsp3) is 0.349. The van der Waals surface area contributed by atoms with Gasteiger partial charge >= 0.3 is 0 Å². The summed E-state index contributed by atoms with van der Waals surface area (Å²) in [5, 5.41) is 8.83. The number of pyridine rings is 4. The van der Waals surface area contributed by atoms with E-state index in [1.165, 1.54) is 65.5 Å². The van der Waals surface area contributed by atoms with E-state index in [4.69, 9.17) is 0 Å². The molecule has 0 amide bonds. The van der Waals surface area contributed by atoms with Gasteiger partial charge in [0.1, 0.15) is 0 Å². The van der Waals surface area contributed by atoms with Gasteiger partial charge in [0, 0.05) is 52.5 Å². The third-order valence-corrected chi connectivity index (χ3v) is 17.0. The first-order valence-electron chi connectivity index (χ1n) is 30.1. The second kappa shape index (κ2) is 31.2. The van der Waals surface area contributed by atoms with Crippen LogP contribution in [0.15, 0.2) is 218 Å². The van der Waals surface area contributed by atoms with E-state index >= 15 is 0 Å². The maximum atomic E-state index is 11.8. The average molecular weight is 1230 g/mol. The van der Waals surface area contributed by atoms with E-state index in [1.54, 1.807) is 12.1 Å². The lowest BCUT2D eigenvalue weighted by Gasteiger charge is -2.21. The van der Waals surface area contributed by atoms with Gasteiger partial charge < -0.3 is 0 Å². The third kappa shape index (κ3) is 20.8. The molecule has 478 valence electrons. The molecule has 7 aromatic carbocycles. The Kier molecular flexibility index (Phi) is 26.5. The highest BCUT2D eigenvalue weighted by Gasteiger charge is 2.23. The number of sulfone groups is 1. The number of aromatic nitrogens is 4. The summed E-state index contributed by atoms with van der Waals surface area (Å²) in [6, 6.07) is 60.9. The number of benzene rings is 7. The highest BCUT2D eigenvalue weighted by Crippen LogP contribution is 2.33. The molecule has 11 aromatic rings. The van der Waals surface area contributed by atoms with Gasteiger partial charge in [0.25, 0.3) is 0 Å². The Labute approximate surface area is 544 Å². The SMILES string of the molecule is C.C.C.C.CC(C)(C)c1ccc2c(c1)C=CCS2(=O)=O.CC(C)(C)c1ccc2ccccc2c1.CC(C)(C)c1ccc2cccnc2c1.CC(C)(C)c1ccc2cccnc2c1.CC(C)(C)c1cccc2ccncc12.CC(C)(C)c1cnc2ccccc2c1. The molecule has 0 saturated heterocycles. The monoisotopic (exact) mass is 1220 g/mol. The zero-order valence-electron chi connectivity index (χ0n) is 54.5. The van der Waals surface area contributed by atoms with Crippen molar-refractivity contribution >= 4 is 70.2 Å². The van der Waals surface area contributed by atoms with Crippen molar-refractivity contribution in [3.8, 4) is 0 Å². The lowest BCUT2D eigenvalue weighted by molar-refractivity contribution is 0.586. The molecule has 5 heterocycles. The summed E-state index contributed by atoms with van der Waals surface area (Å²) < 4.78 is 23.6. The minimum atomic E-state index is -3.09. The molecule has 90 heavy (non-hydrogen) atoms. The Hall–Kier alpha value is -7.87. The van der Waals surface area contributed by atoms with Gasteiger partial charge in [-0.3, -0.25) is 19.9 Å². The van der Waals surface area contributed by atoms with E-state index in [2.05, 4.69) is 278 Å². The lowest BCUT2D eigenvalue weighted by atomic mass is 9.84. The van der Waals surface area contributed by atoms with Crippen LogP contribution >= 0.6 is 0 Å². The highest BCUT2D eigenvalue weighted by atomic mass is 32.2. The number of hydrogen-bond acceptors (Lipinski definition) is 6. The van der Waals surface area contributed by atoms with Crippen LogP contribution in [0.4, 0.5) is 0 Å². The summed E-state index contributed by atoms with van der Waals surface area (Å²) in [6.45, 7) is 39.7. The van der Waals surface area contributed by atoms with Gasteiger partial charge in [-0.2, -0.15) is 0 Å². The normalized spacial score (nSPS) is 12.5. The molecule has 6 nitrogen and oxygen atoms in total. The van der Waals surface area contributed by atoms with Crippen LogP contribution < -0.4 is 0 Å². The molecule has 0 bridgehead atoms. The highest BCUT2D eigenvalue weighted by molar-refractivity contribution is 7.91. The molecule has 0 fully saturated rings. The van der Waals surface area contributed by atoms with E-state index in [0.29, 0.717) is 4.90 Å². The van der Waals surface area contributed by atoms with Crippen LogP contribution in [-0.2, 0) is 42.3 Å². The van der Waals surface area contributed by atoms with Crippen LogP contribution in [0.3, 0.4) is 0 Å². The number of fused-ring (bicyclic) bond motifs is 6. The fourth-order valence-electron chi connectivity index (χ4n) is 9.79. The van der Waals surface area contributed by atoms with Crippen molar-refractivity contribution in [2.45, 2.75) is 192 Å². The molecule has 0 unspecified atom stereocenters. The van der Waals surface area contributed by atoms with Gasteiger partial charge in [0.2, 0.25) is 0 Å². The van der Waals surface area contributed by atoms with E-state index in [1.807, 2.05) is 73.5 Å². The van der Waals surface area contributed by atoms with Crippen LogP contribution in [-0.4, -0.2) is 34.1 Å². The maximum Gasteiger partial charge on any atom is 0.182 e. The molecule has 0 atom stereocenters. The molecule has 0 spiro atoms. The molecule has 1 aliphatic rings. The largest absolute Gasteiger partial charge is 0.264 e.